The number of sulfonamides is 1. The van der Waals surface area contributed by atoms with E-state index < -0.39 is 28.5 Å². The Balaban J connectivity index is 2.10. The van der Waals surface area contributed by atoms with Gasteiger partial charge in [-0.3, -0.25) is 13.9 Å². The van der Waals surface area contributed by atoms with Crippen molar-refractivity contribution in [2.45, 2.75) is 52.6 Å². The van der Waals surface area contributed by atoms with Crippen LogP contribution < -0.4 is 9.62 Å². The number of amides is 2. The average molecular weight is 619 g/mol. The molecule has 3 rings (SSSR count). The summed E-state index contributed by atoms with van der Waals surface area (Å²) < 4.78 is 27.2. The summed E-state index contributed by atoms with van der Waals surface area (Å²) in [6.45, 7) is 5.59. The van der Waals surface area contributed by atoms with E-state index in [1.54, 1.807) is 44.2 Å². The fourth-order valence-corrected chi connectivity index (χ4v) is 6.10. The third-order valence-electron chi connectivity index (χ3n) is 6.82. The number of para-hydroxylation sites is 1. The first kappa shape index (κ1) is 32.4. The fraction of sp³-hybridized carbons (Fsp3) is 0.355. The van der Waals surface area contributed by atoms with Crippen LogP contribution in [0.3, 0.4) is 0 Å². The maximum absolute atomic E-state index is 14.2. The van der Waals surface area contributed by atoms with Crippen LogP contribution in [0, 0.1) is 13.8 Å². The van der Waals surface area contributed by atoms with E-state index in [4.69, 9.17) is 23.2 Å². The third kappa shape index (κ3) is 8.96. The number of nitrogens with zero attached hydrogens (tertiary/aromatic N) is 2. The number of rotatable bonds is 13. The number of benzene rings is 3. The zero-order valence-electron chi connectivity index (χ0n) is 23.9. The van der Waals surface area contributed by atoms with E-state index in [0.717, 1.165) is 29.0 Å². The number of hydrogen-bond acceptors (Lipinski definition) is 4. The van der Waals surface area contributed by atoms with Gasteiger partial charge in [0.15, 0.2) is 0 Å². The van der Waals surface area contributed by atoms with E-state index in [1.165, 1.54) is 4.90 Å². The molecule has 1 atom stereocenters. The summed E-state index contributed by atoms with van der Waals surface area (Å²) in [7, 11) is -3.86. The molecule has 0 fully saturated rings. The molecule has 0 heterocycles. The van der Waals surface area contributed by atoms with Gasteiger partial charge in [0.25, 0.3) is 0 Å². The van der Waals surface area contributed by atoms with Crippen LogP contribution in [-0.4, -0.2) is 50.5 Å². The molecule has 0 spiro atoms. The fourth-order valence-electron chi connectivity index (χ4n) is 4.67. The van der Waals surface area contributed by atoms with E-state index in [0.29, 0.717) is 39.0 Å². The van der Waals surface area contributed by atoms with Gasteiger partial charge < -0.3 is 10.2 Å². The van der Waals surface area contributed by atoms with E-state index in [2.05, 4.69) is 5.32 Å². The lowest BCUT2D eigenvalue weighted by Gasteiger charge is -2.34. The molecule has 220 valence electrons. The predicted molar refractivity (Wildman–Crippen MR) is 167 cm³/mol. The highest BCUT2D eigenvalue weighted by Gasteiger charge is 2.34. The van der Waals surface area contributed by atoms with E-state index in [-0.39, 0.29) is 18.9 Å². The number of hydrogen-bond donors (Lipinski definition) is 1. The second-order valence-electron chi connectivity index (χ2n) is 10.1. The number of nitrogens with one attached hydrogen (secondary N) is 1. The van der Waals surface area contributed by atoms with Crippen molar-refractivity contribution in [3.8, 4) is 0 Å². The molecule has 0 bridgehead atoms. The lowest BCUT2D eigenvalue weighted by atomic mass is 10.0. The van der Waals surface area contributed by atoms with Crippen LogP contribution in [0.4, 0.5) is 5.69 Å². The highest BCUT2D eigenvalue weighted by atomic mass is 35.5. The number of carbonyl (C=O) groups excluding carboxylic acids is 2. The van der Waals surface area contributed by atoms with Crippen LogP contribution in [0.5, 0.6) is 0 Å². The van der Waals surface area contributed by atoms with Crippen molar-refractivity contribution in [1.29, 1.82) is 0 Å². The smallest absolute Gasteiger partial charge is 0.244 e. The molecule has 0 saturated carbocycles. The van der Waals surface area contributed by atoms with Gasteiger partial charge in [0, 0.05) is 29.6 Å². The van der Waals surface area contributed by atoms with Crippen molar-refractivity contribution >= 4 is 50.7 Å². The molecule has 10 heteroatoms. The lowest BCUT2D eigenvalue weighted by Crippen LogP contribution is -2.53. The van der Waals surface area contributed by atoms with Crippen LogP contribution in [0.25, 0.3) is 0 Å². The van der Waals surface area contributed by atoms with Crippen LogP contribution in [0.15, 0.2) is 66.7 Å². The Morgan fingerprint density at radius 1 is 0.951 bits per heavy atom. The van der Waals surface area contributed by atoms with Crippen LogP contribution in [-0.2, 0) is 32.6 Å². The summed E-state index contributed by atoms with van der Waals surface area (Å²) in [6.07, 6.45) is 2.99. The molecule has 7 nitrogen and oxygen atoms in total. The molecule has 0 aromatic heterocycles. The second kappa shape index (κ2) is 14.7. The van der Waals surface area contributed by atoms with Crippen molar-refractivity contribution in [3.63, 3.8) is 0 Å². The minimum absolute atomic E-state index is 0.0160. The predicted octanol–water partition coefficient (Wildman–Crippen LogP) is 5.93. The van der Waals surface area contributed by atoms with Crippen molar-refractivity contribution in [3.05, 3.63) is 99.0 Å². The highest BCUT2D eigenvalue weighted by Crippen LogP contribution is 2.28. The quantitative estimate of drug-likeness (QED) is 0.241. The molecular weight excluding hydrogens is 581 g/mol. The Morgan fingerprint density at radius 3 is 2.20 bits per heavy atom. The minimum atomic E-state index is -3.86. The van der Waals surface area contributed by atoms with Crippen molar-refractivity contribution in [2.24, 2.45) is 0 Å². The molecule has 1 unspecified atom stereocenters. The number of anilines is 1. The Hall–Kier alpha value is -3.07. The summed E-state index contributed by atoms with van der Waals surface area (Å²) in [6, 6.07) is 18.9. The van der Waals surface area contributed by atoms with Gasteiger partial charge in [0.05, 0.1) is 11.9 Å². The van der Waals surface area contributed by atoms with E-state index in [9.17, 15) is 18.0 Å². The van der Waals surface area contributed by atoms with Gasteiger partial charge in [-0.15, -0.1) is 0 Å². The summed E-state index contributed by atoms with van der Waals surface area (Å²) in [5, 5.41) is 3.74. The standard InChI is InChI=1S/C31H37Cl2N3O4S/c1-5-6-17-34-31(38)28(18-24-13-8-7-9-14-24)35(20-25-15-16-26(32)19-27(25)33)29(37)21-36(41(4,39)40)30-22(2)11-10-12-23(30)3/h7-16,19,28H,5-6,17-18,20-21H2,1-4H3,(H,34,38). The first-order chi connectivity index (χ1) is 19.4. The molecule has 0 saturated heterocycles. The summed E-state index contributed by atoms with van der Waals surface area (Å²) in [5.74, 6) is -0.852. The van der Waals surface area contributed by atoms with Crippen molar-refractivity contribution in [1.82, 2.24) is 10.2 Å². The Bertz CT molecular complexity index is 1450. The molecule has 3 aromatic rings. The molecule has 1 N–H and O–H groups in total. The number of halogens is 2. The second-order valence-corrected chi connectivity index (χ2v) is 12.9. The zero-order chi connectivity index (χ0) is 30.2. The summed E-state index contributed by atoms with van der Waals surface area (Å²) in [4.78, 5) is 29.3. The summed E-state index contributed by atoms with van der Waals surface area (Å²) >= 11 is 12.6. The normalized spacial score (nSPS) is 12.0. The average Bonchev–Trinajstić information content (AvgIpc) is 2.91. The number of aryl methyl sites for hydroxylation is 2. The first-order valence-corrected chi connectivity index (χ1v) is 16.1. The van der Waals surface area contributed by atoms with E-state index >= 15 is 0 Å². The SMILES string of the molecule is CCCCNC(=O)C(Cc1ccccc1)N(Cc1ccc(Cl)cc1Cl)C(=O)CN(c1c(C)cccc1C)S(C)(=O)=O. The van der Waals surface area contributed by atoms with Crippen LogP contribution >= 0.6 is 23.2 Å². The van der Waals surface area contributed by atoms with Gasteiger partial charge >= 0.3 is 0 Å². The van der Waals surface area contributed by atoms with Gasteiger partial charge in [-0.2, -0.15) is 0 Å². The summed E-state index contributed by atoms with van der Waals surface area (Å²) in [5.41, 5.74) is 3.32. The highest BCUT2D eigenvalue weighted by molar-refractivity contribution is 7.92. The molecule has 0 aliphatic rings. The Morgan fingerprint density at radius 2 is 1.61 bits per heavy atom. The van der Waals surface area contributed by atoms with Gasteiger partial charge in [0.1, 0.15) is 12.6 Å². The maximum atomic E-state index is 14.2. The molecule has 41 heavy (non-hydrogen) atoms. The molecule has 0 radical (unpaired) electrons. The van der Waals surface area contributed by atoms with Gasteiger partial charge in [-0.25, -0.2) is 8.42 Å². The lowest BCUT2D eigenvalue weighted by molar-refractivity contribution is -0.140. The van der Waals surface area contributed by atoms with Crippen LogP contribution in [0.1, 0.15) is 42.0 Å². The first-order valence-electron chi connectivity index (χ1n) is 13.5. The number of carbonyl (C=O) groups is 2. The largest absolute Gasteiger partial charge is 0.354 e. The van der Waals surface area contributed by atoms with Crippen molar-refractivity contribution in [2.75, 3.05) is 23.7 Å². The third-order valence-corrected chi connectivity index (χ3v) is 8.52. The van der Waals surface area contributed by atoms with Gasteiger partial charge in [0.2, 0.25) is 21.8 Å². The topological polar surface area (TPSA) is 86.8 Å². The number of unbranched alkanes of at least 4 members (excludes halogenated alkanes) is 1. The monoisotopic (exact) mass is 617 g/mol. The zero-order valence-corrected chi connectivity index (χ0v) is 26.2. The maximum Gasteiger partial charge on any atom is 0.244 e. The Kier molecular flexibility index (Phi) is 11.6. The van der Waals surface area contributed by atoms with E-state index in [1.807, 2.05) is 43.3 Å². The van der Waals surface area contributed by atoms with Crippen molar-refractivity contribution < 1.29 is 18.0 Å². The van der Waals surface area contributed by atoms with Gasteiger partial charge in [-0.05, 0) is 54.7 Å². The van der Waals surface area contributed by atoms with Crippen LogP contribution in [0.2, 0.25) is 10.0 Å². The minimum Gasteiger partial charge on any atom is -0.354 e. The Labute approximate surface area is 253 Å². The molecule has 2 amide bonds. The molecule has 0 aliphatic carbocycles. The molecular formula is C31H37Cl2N3O4S. The molecule has 3 aromatic carbocycles. The van der Waals surface area contributed by atoms with Gasteiger partial charge in [-0.1, -0.05) is 91.1 Å². The molecule has 0 aliphatic heterocycles.